The van der Waals surface area contributed by atoms with E-state index in [1.807, 2.05) is 12.1 Å². The van der Waals surface area contributed by atoms with E-state index in [0.29, 0.717) is 0 Å². The van der Waals surface area contributed by atoms with Gasteiger partial charge in [-0.05, 0) is 25.0 Å². The zero-order valence-electron chi connectivity index (χ0n) is 8.93. The fourth-order valence-electron chi connectivity index (χ4n) is 2.27. The van der Waals surface area contributed by atoms with Crippen LogP contribution in [0.2, 0.25) is 0 Å². The molecule has 3 heterocycles. The Hall–Kier alpha value is -1.62. The largest absolute Gasteiger partial charge is 0.394 e. The molecule has 84 valence electrons. The van der Waals surface area contributed by atoms with Gasteiger partial charge in [0.05, 0.1) is 18.2 Å². The van der Waals surface area contributed by atoms with Gasteiger partial charge >= 0.3 is 0 Å². The summed E-state index contributed by atoms with van der Waals surface area (Å²) in [4.78, 5) is 14.0. The minimum atomic E-state index is 0.185. The molecule has 5 nitrogen and oxygen atoms in total. The number of rotatable bonds is 2. The number of aromatic amines is 1. The molecule has 0 amide bonds. The number of nitrogens with zero attached hydrogens (tertiary/aromatic N) is 3. The molecule has 0 saturated carbocycles. The topological polar surface area (TPSA) is 65.0 Å². The van der Waals surface area contributed by atoms with Crippen molar-refractivity contribution in [2.45, 2.75) is 18.9 Å². The number of aliphatic hydroxyl groups is 1. The highest BCUT2D eigenvalue weighted by Gasteiger charge is 2.26. The molecule has 16 heavy (non-hydrogen) atoms. The molecule has 1 aliphatic heterocycles. The first-order chi connectivity index (χ1) is 7.88. The molecule has 0 aromatic carbocycles. The van der Waals surface area contributed by atoms with Crippen LogP contribution >= 0.6 is 0 Å². The van der Waals surface area contributed by atoms with E-state index in [-0.39, 0.29) is 12.6 Å². The van der Waals surface area contributed by atoms with Crippen LogP contribution in [0.25, 0.3) is 11.2 Å². The van der Waals surface area contributed by atoms with E-state index in [1.165, 1.54) is 0 Å². The summed E-state index contributed by atoms with van der Waals surface area (Å²) in [6.07, 6.45) is 3.87. The highest BCUT2D eigenvalue weighted by atomic mass is 16.3. The SMILES string of the molecule is OC[C@@H]1CCCN1c1nc2ncccc2[nH]1. The number of H-pyrrole nitrogens is 1. The van der Waals surface area contributed by atoms with Crippen molar-refractivity contribution in [2.75, 3.05) is 18.1 Å². The van der Waals surface area contributed by atoms with Crippen molar-refractivity contribution in [1.82, 2.24) is 15.0 Å². The second-order valence-corrected chi connectivity index (χ2v) is 4.11. The average molecular weight is 218 g/mol. The van der Waals surface area contributed by atoms with Crippen molar-refractivity contribution < 1.29 is 5.11 Å². The number of aromatic nitrogens is 3. The van der Waals surface area contributed by atoms with Gasteiger partial charge in [0.15, 0.2) is 5.65 Å². The predicted octanol–water partition coefficient (Wildman–Crippen LogP) is 0.919. The van der Waals surface area contributed by atoms with E-state index in [1.54, 1.807) is 6.20 Å². The first-order valence-electron chi connectivity index (χ1n) is 5.57. The molecule has 0 bridgehead atoms. The summed E-state index contributed by atoms with van der Waals surface area (Å²) in [5.41, 5.74) is 1.68. The Labute approximate surface area is 93.1 Å². The molecule has 0 unspecified atom stereocenters. The molecule has 2 N–H and O–H groups in total. The summed E-state index contributed by atoms with van der Waals surface area (Å²) < 4.78 is 0. The maximum atomic E-state index is 9.27. The van der Waals surface area contributed by atoms with Gasteiger partial charge in [-0.15, -0.1) is 0 Å². The zero-order valence-corrected chi connectivity index (χ0v) is 8.93. The van der Waals surface area contributed by atoms with Crippen molar-refractivity contribution in [3.8, 4) is 0 Å². The molecule has 2 aromatic heterocycles. The van der Waals surface area contributed by atoms with Crippen LogP contribution in [0.4, 0.5) is 5.95 Å². The quantitative estimate of drug-likeness (QED) is 0.786. The summed E-state index contributed by atoms with van der Waals surface area (Å²) in [7, 11) is 0. The lowest BCUT2D eigenvalue weighted by Crippen LogP contribution is -2.32. The maximum Gasteiger partial charge on any atom is 0.205 e. The van der Waals surface area contributed by atoms with Gasteiger partial charge in [-0.25, -0.2) is 4.98 Å². The predicted molar refractivity (Wildman–Crippen MR) is 61.3 cm³/mol. The lowest BCUT2D eigenvalue weighted by molar-refractivity contribution is 0.265. The Morgan fingerprint density at radius 2 is 2.50 bits per heavy atom. The smallest absolute Gasteiger partial charge is 0.205 e. The Bertz CT molecular complexity index is 462. The van der Waals surface area contributed by atoms with Gasteiger partial charge in [-0.1, -0.05) is 0 Å². The third kappa shape index (κ3) is 1.44. The monoisotopic (exact) mass is 218 g/mol. The van der Waals surface area contributed by atoms with Gasteiger partial charge < -0.3 is 15.0 Å². The van der Waals surface area contributed by atoms with Crippen molar-refractivity contribution >= 4 is 17.1 Å². The van der Waals surface area contributed by atoms with Gasteiger partial charge in [0, 0.05) is 12.7 Å². The molecular weight excluding hydrogens is 204 g/mol. The fourth-order valence-corrected chi connectivity index (χ4v) is 2.27. The summed E-state index contributed by atoms with van der Waals surface area (Å²) in [6, 6.07) is 4.04. The normalized spacial score (nSPS) is 20.8. The number of fused-ring (bicyclic) bond motifs is 1. The molecule has 5 heteroatoms. The van der Waals surface area contributed by atoms with Crippen LogP contribution in [0.5, 0.6) is 0 Å². The van der Waals surface area contributed by atoms with E-state index in [4.69, 9.17) is 0 Å². The van der Waals surface area contributed by atoms with Crippen LogP contribution in [-0.2, 0) is 0 Å². The molecule has 0 radical (unpaired) electrons. The van der Waals surface area contributed by atoms with Gasteiger partial charge in [-0.3, -0.25) is 0 Å². The first-order valence-corrected chi connectivity index (χ1v) is 5.57. The van der Waals surface area contributed by atoms with Crippen LogP contribution in [0.1, 0.15) is 12.8 Å². The van der Waals surface area contributed by atoms with Crippen molar-refractivity contribution in [3.05, 3.63) is 18.3 Å². The minimum Gasteiger partial charge on any atom is -0.394 e. The molecule has 0 aliphatic carbocycles. The van der Waals surface area contributed by atoms with Crippen LogP contribution in [0.15, 0.2) is 18.3 Å². The number of pyridine rings is 1. The highest BCUT2D eigenvalue weighted by Crippen LogP contribution is 2.24. The van der Waals surface area contributed by atoms with Crippen molar-refractivity contribution in [2.24, 2.45) is 0 Å². The number of aliphatic hydroxyl groups excluding tert-OH is 1. The second kappa shape index (κ2) is 3.75. The number of hydrogen-bond acceptors (Lipinski definition) is 4. The molecule has 0 spiro atoms. The Balaban J connectivity index is 1.99. The Kier molecular flexibility index (Phi) is 2.25. The van der Waals surface area contributed by atoms with Crippen LogP contribution < -0.4 is 4.90 Å². The average Bonchev–Trinajstić information content (AvgIpc) is 2.94. The lowest BCUT2D eigenvalue weighted by atomic mass is 10.2. The number of hydrogen-bond donors (Lipinski definition) is 2. The third-order valence-corrected chi connectivity index (χ3v) is 3.10. The summed E-state index contributed by atoms with van der Waals surface area (Å²) in [5, 5.41) is 9.27. The van der Waals surface area contributed by atoms with E-state index < -0.39 is 0 Å². The zero-order chi connectivity index (χ0) is 11.0. The summed E-state index contributed by atoms with van der Waals surface area (Å²) in [6.45, 7) is 1.13. The standard InChI is InChI=1S/C11H14N4O/c16-7-8-3-2-6-15(8)11-13-9-4-1-5-12-10(9)14-11/h1,4-5,8,16H,2-3,6-7H2,(H,12,13,14)/t8-/m0/s1. The Morgan fingerprint density at radius 3 is 3.31 bits per heavy atom. The van der Waals surface area contributed by atoms with E-state index in [0.717, 1.165) is 36.5 Å². The lowest BCUT2D eigenvalue weighted by Gasteiger charge is -2.21. The van der Waals surface area contributed by atoms with Gasteiger partial charge in [0.2, 0.25) is 5.95 Å². The molecule has 1 aliphatic rings. The number of imidazole rings is 1. The molecular formula is C11H14N4O. The molecule has 1 fully saturated rings. The van der Waals surface area contributed by atoms with E-state index in [9.17, 15) is 5.11 Å². The van der Waals surface area contributed by atoms with Gasteiger partial charge in [0.1, 0.15) is 0 Å². The fraction of sp³-hybridized carbons (Fsp3) is 0.455. The highest BCUT2D eigenvalue weighted by molar-refractivity contribution is 5.73. The van der Waals surface area contributed by atoms with Crippen molar-refractivity contribution in [3.63, 3.8) is 0 Å². The summed E-state index contributed by atoms with van der Waals surface area (Å²) >= 11 is 0. The van der Waals surface area contributed by atoms with E-state index >= 15 is 0 Å². The summed E-state index contributed by atoms with van der Waals surface area (Å²) in [5.74, 6) is 0.824. The first kappa shape index (κ1) is 9.59. The second-order valence-electron chi connectivity index (χ2n) is 4.11. The molecule has 3 rings (SSSR count). The van der Waals surface area contributed by atoms with Gasteiger partial charge in [0.25, 0.3) is 0 Å². The number of nitrogens with one attached hydrogen (secondary N) is 1. The third-order valence-electron chi connectivity index (χ3n) is 3.10. The van der Waals surface area contributed by atoms with E-state index in [2.05, 4.69) is 19.9 Å². The van der Waals surface area contributed by atoms with Gasteiger partial charge in [-0.2, -0.15) is 4.98 Å². The molecule has 1 saturated heterocycles. The van der Waals surface area contributed by atoms with Crippen LogP contribution in [0.3, 0.4) is 0 Å². The number of anilines is 1. The van der Waals surface area contributed by atoms with Crippen molar-refractivity contribution in [1.29, 1.82) is 0 Å². The molecule has 2 aromatic rings. The molecule has 1 atom stereocenters. The van der Waals surface area contributed by atoms with Crippen LogP contribution in [0, 0.1) is 0 Å². The Morgan fingerprint density at radius 1 is 1.56 bits per heavy atom. The maximum absolute atomic E-state index is 9.27. The van der Waals surface area contributed by atoms with Crippen LogP contribution in [-0.4, -0.2) is 39.3 Å². The minimum absolute atomic E-state index is 0.185.